The topological polar surface area (TPSA) is 46.5 Å². The zero-order valence-corrected chi connectivity index (χ0v) is 12.2. The van der Waals surface area contributed by atoms with Crippen LogP contribution in [0.1, 0.15) is 44.2 Å². The molecule has 1 aromatic rings. The number of rotatable bonds is 2. The first-order chi connectivity index (χ1) is 9.41. The fourth-order valence-electron chi connectivity index (χ4n) is 3.94. The third-order valence-corrected chi connectivity index (χ3v) is 5.17. The van der Waals surface area contributed by atoms with E-state index in [1.807, 2.05) is 19.1 Å². The van der Waals surface area contributed by atoms with Crippen LogP contribution in [0.2, 0.25) is 0 Å². The molecule has 0 aliphatic heterocycles. The van der Waals surface area contributed by atoms with Crippen LogP contribution in [-0.4, -0.2) is 18.2 Å². The third kappa shape index (κ3) is 1.55. The Labute approximate surface area is 119 Å². The van der Waals surface area contributed by atoms with E-state index in [1.165, 1.54) is 5.56 Å². The maximum absolute atomic E-state index is 11.8. The minimum atomic E-state index is -0.751. The van der Waals surface area contributed by atoms with Gasteiger partial charge in [-0.05, 0) is 48.6 Å². The molecule has 3 heteroatoms. The van der Waals surface area contributed by atoms with E-state index in [2.05, 4.69) is 19.1 Å². The highest BCUT2D eigenvalue weighted by Gasteiger charge is 2.52. The highest BCUT2D eigenvalue weighted by molar-refractivity contribution is 5.85. The van der Waals surface area contributed by atoms with Gasteiger partial charge in [0.15, 0.2) is 0 Å². The minimum absolute atomic E-state index is 0.146. The van der Waals surface area contributed by atoms with E-state index in [9.17, 15) is 9.90 Å². The van der Waals surface area contributed by atoms with Crippen LogP contribution in [0.5, 0.6) is 5.75 Å². The molecule has 0 spiro atoms. The van der Waals surface area contributed by atoms with Crippen molar-refractivity contribution in [3.05, 3.63) is 34.9 Å². The summed E-state index contributed by atoms with van der Waals surface area (Å²) in [4.78, 5) is 11.8. The third-order valence-electron chi connectivity index (χ3n) is 5.17. The van der Waals surface area contributed by atoms with Crippen molar-refractivity contribution in [1.29, 1.82) is 0 Å². The zero-order valence-electron chi connectivity index (χ0n) is 12.2. The molecule has 1 N–H and O–H groups in total. The number of carbonyl (C=O) groups is 1. The molecule has 106 valence electrons. The van der Waals surface area contributed by atoms with Crippen molar-refractivity contribution in [2.45, 2.75) is 38.5 Å². The van der Waals surface area contributed by atoms with Gasteiger partial charge in [-0.1, -0.05) is 25.5 Å². The number of benzene rings is 1. The van der Waals surface area contributed by atoms with Gasteiger partial charge in [0, 0.05) is 5.41 Å². The number of carboxylic acids is 1. The molecule has 0 aromatic heterocycles. The molecule has 0 saturated heterocycles. The van der Waals surface area contributed by atoms with Crippen LogP contribution in [0.25, 0.3) is 6.08 Å². The molecule has 1 fully saturated rings. The van der Waals surface area contributed by atoms with Gasteiger partial charge < -0.3 is 9.84 Å². The lowest BCUT2D eigenvalue weighted by molar-refractivity contribution is -0.147. The van der Waals surface area contributed by atoms with E-state index in [1.54, 1.807) is 7.11 Å². The number of ether oxygens (including phenoxy) is 1. The van der Waals surface area contributed by atoms with Gasteiger partial charge in [-0.2, -0.15) is 0 Å². The Kier molecular flexibility index (Phi) is 2.72. The summed E-state index contributed by atoms with van der Waals surface area (Å²) in [6, 6.07) is 6.06. The molecule has 0 unspecified atom stereocenters. The summed E-state index contributed by atoms with van der Waals surface area (Å²) in [6.45, 7) is 4.04. The monoisotopic (exact) mass is 272 g/mol. The minimum Gasteiger partial charge on any atom is -0.497 e. The molecule has 3 nitrogen and oxygen atoms in total. The van der Waals surface area contributed by atoms with E-state index in [0.29, 0.717) is 0 Å². The Morgan fingerprint density at radius 1 is 1.30 bits per heavy atom. The molecule has 2 atom stereocenters. The molecule has 2 aliphatic rings. The fraction of sp³-hybridized carbons (Fsp3) is 0.471. The van der Waals surface area contributed by atoms with Crippen molar-refractivity contribution < 1.29 is 14.6 Å². The average molecular weight is 272 g/mol. The molecule has 1 saturated carbocycles. The Morgan fingerprint density at radius 2 is 2.05 bits per heavy atom. The molecule has 0 heterocycles. The Morgan fingerprint density at radius 3 is 2.70 bits per heavy atom. The maximum Gasteiger partial charge on any atom is 0.313 e. The van der Waals surface area contributed by atoms with Gasteiger partial charge in [0.2, 0.25) is 0 Å². The van der Waals surface area contributed by atoms with E-state index in [4.69, 9.17) is 4.74 Å². The van der Waals surface area contributed by atoms with E-state index < -0.39 is 11.4 Å². The number of methoxy groups -OCH3 is 1. The number of fused-ring (bicyclic) bond motifs is 3. The van der Waals surface area contributed by atoms with Crippen LogP contribution in [0.4, 0.5) is 0 Å². The maximum atomic E-state index is 11.8. The zero-order chi connectivity index (χ0) is 14.5. The standard InChI is InChI=1S/C17H20O3/c1-16-7-4-8-17(2,15(18)19)14(16)10-11-9-12(20-3)5-6-13(11)16/h5-6,9-10H,4,7-8H2,1-3H3,(H,18,19)/t16-,17+/m0/s1. The number of hydrogen-bond acceptors (Lipinski definition) is 2. The van der Waals surface area contributed by atoms with Gasteiger partial charge in [-0.25, -0.2) is 0 Å². The predicted molar refractivity (Wildman–Crippen MR) is 77.9 cm³/mol. The van der Waals surface area contributed by atoms with Crippen molar-refractivity contribution in [2.75, 3.05) is 7.11 Å². The Hall–Kier alpha value is -1.77. The second-order valence-electron chi connectivity index (χ2n) is 6.33. The summed E-state index contributed by atoms with van der Waals surface area (Å²) in [5.74, 6) is 0.106. The molecule has 0 amide bonds. The second kappa shape index (κ2) is 4.11. The van der Waals surface area contributed by atoms with Gasteiger partial charge >= 0.3 is 5.97 Å². The lowest BCUT2D eigenvalue weighted by atomic mass is 9.59. The molecule has 1 aromatic carbocycles. The highest BCUT2D eigenvalue weighted by Crippen LogP contribution is 2.57. The van der Waals surface area contributed by atoms with E-state index >= 15 is 0 Å². The fourth-order valence-corrected chi connectivity index (χ4v) is 3.94. The Bertz CT molecular complexity index is 617. The van der Waals surface area contributed by atoms with Crippen LogP contribution >= 0.6 is 0 Å². The largest absolute Gasteiger partial charge is 0.497 e. The summed E-state index contributed by atoms with van der Waals surface area (Å²) in [5, 5.41) is 9.67. The quantitative estimate of drug-likeness (QED) is 0.894. The first-order valence-electron chi connectivity index (χ1n) is 7.06. The molecule has 3 rings (SSSR count). The van der Waals surface area contributed by atoms with Gasteiger partial charge in [0.25, 0.3) is 0 Å². The van der Waals surface area contributed by atoms with Crippen molar-refractivity contribution in [3.63, 3.8) is 0 Å². The highest BCUT2D eigenvalue weighted by atomic mass is 16.5. The van der Waals surface area contributed by atoms with Crippen LogP contribution in [0, 0.1) is 5.41 Å². The molecular formula is C17H20O3. The molecular weight excluding hydrogens is 252 g/mol. The van der Waals surface area contributed by atoms with Crippen LogP contribution < -0.4 is 4.74 Å². The predicted octanol–water partition coefficient (Wildman–Crippen LogP) is 3.62. The van der Waals surface area contributed by atoms with Crippen molar-refractivity contribution in [2.24, 2.45) is 5.41 Å². The van der Waals surface area contributed by atoms with Gasteiger partial charge in [-0.15, -0.1) is 0 Å². The second-order valence-corrected chi connectivity index (χ2v) is 6.33. The summed E-state index contributed by atoms with van der Waals surface area (Å²) in [6.07, 6.45) is 4.75. The smallest absolute Gasteiger partial charge is 0.313 e. The van der Waals surface area contributed by atoms with Crippen LogP contribution in [0.15, 0.2) is 23.8 Å². The first kappa shape index (κ1) is 13.2. The summed E-state index contributed by atoms with van der Waals surface area (Å²) >= 11 is 0. The molecule has 2 aliphatic carbocycles. The van der Waals surface area contributed by atoms with Crippen molar-refractivity contribution in [3.8, 4) is 5.75 Å². The van der Waals surface area contributed by atoms with E-state index in [-0.39, 0.29) is 5.41 Å². The number of carboxylic acid groups (broad SMARTS) is 1. The Balaban J connectivity index is 2.18. The van der Waals surface area contributed by atoms with Crippen LogP contribution in [0.3, 0.4) is 0 Å². The lowest BCUT2D eigenvalue weighted by Crippen LogP contribution is -2.41. The van der Waals surface area contributed by atoms with Crippen molar-refractivity contribution >= 4 is 12.0 Å². The normalized spacial score (nSPS) is 31.2. The number of hydrogen-bond donors (Lipinski definition) is 1. The molecule has 20 heavy (non-hydrogen) atoms. The first-order valence-corrected chi connectivity index (χ1v) is 7.06. The van der Waals surface area contributed by atoms with Gasteiger partial charge in [0.05, 0.1) is 12.5 Å². The van der Waals surface area contributed by atoms with E-state index in [0.717, 1.165) is 36.1 Å². The van der Waals surface area contributed by atoms with Crippen molar-refractivity contribution in [1.82, 2.24) is 0 Å². The lowest BCUT2D eigenvalue weighted by Gasteiger charge is -2.43. The number of aliphatic carboxylic acids is 1. The van der Waals surface area contributed by atoms with Gasteiger partial charge in [0.1, 0.15) is 5.75 Å². The van der Waals surface area contributed by atoms with Crippen LogP contribution in [-0.2, 0) is 10.2 Å². The summed E-state index contributed by atoms with van der Waals surface area (Å²) < 4.78 is 5.28. The van der Waals surface area contributed by atoms with Gasteiger partial charge in [-0.3, -0.25) is 4.79 Å². The average Bonchev–Trinajstić information content (AvgIpc) is 2.72. The summed E-state index contributed by atoms with van der Waals surface area (Å²) in [5.41, 5.74) is 2.50. The SMILES string of the molecule is COc1ccc2c(c1)C=C1[C@](C)(C(=O)O)CCC[C@]12C. The summed E-state index contributed by atoms with van der Waals surface area (Å²) in [7, 11) is 1.65. The molecule has 0 bridgehead atoms. The molecule has 0 radical (unpaired) electrons.